The highest BCUT2D eigenvalue weighted by molar-refractivity contribution is 7.12. The third kappa shape index (κ3) is 4.26. The van der Waals surface area contributed by atoms with E-state index in [0.29, 0.717) is 5.41 Å². The van der Waals surface area contributed by atoms with Crippen molar-refractivity contribution >= 4 is 11.3 Å². The molecule has 16 heavy (non-hydrogen) atoms. The molecule has 0 saturated heterocycles. The van der Waals surface area contributed by atoms with Crippen LogP contribution in [0.5, 0.6) is 0 Å². The molecule has 0 radical (unpaired) electrons. The maximum atomic E-state index is 3.52. The molecule has 0 atom stereocenters. The lowest BCUT2D eigenvalue weighted by Gasteiger charge is -2.23. The molecule has 0 unspecified atom stereocenters. The highest BCUT2D eigenvalue weighted by Crippen LogP contribution is 2.32. The molecule has 0 bridgehead atoms. The van der Waals surface area contributed by atoms with Gasteiger partial charge in [-0.3, -0.25) is 0 Å². The minimum atomic E-state index is 0.308. The van der Waals surface area contributed by atoms with E-state index in [1.807, 2.05) is 11.3 Å². The monoisotopic (exact) mass is 239 g/mol. The lowest BCUT2D eigenvalue weighted by Crippen LogP contribution is -2.27. The summed E-state index contributed by atoms with van der Waals surface area (Å²) in [5, 5.41) is 3.52. The van der Waals surface area contributed by atoms with Crippen LogP contribution in [0, 0.1) is 12.8 Å². The number of thiophene rings is 1. The first-order valence-corrected chi connectivity index (χ1v) is 7.01. The van der Waals surface area contributed by atoms with Gasteiger partial charge >= 0.3 is 0 Å². The molecule has 92 valence electrons. The van der Waals surface area contributed by atoms with Crippen LogP contribution in [-0.4, -0.2) is 13.1 Å². The zero-order valence-corrected chi connectivity index (χ0v) is 12.1. The van der Waals surface area contributed by atoms with Gasteiger partial charge in [0.15, 0.2) is 0 Å². The summed E-state index contributed by atoms with van der Waals surface area (Å²) in [5.74, 6) is 0.743. The standard InChI is InChI=1S/C14H25NS/c1-11(2)10-15-9-8-14(4,5)13-7-6-12(3)16-13/h6-7,11,15H,8-10H2,1-5H3. The number of rotatable bonds is 6. The van der Waals surface area contributed by atoms with E-state index in [-0.39, 0.29) is 0 Å². The summed E-state index contributed by atoms with van der Waals surface area (Å²) >= 11 is 1.93. The quantitative estimate of drug-likeness (QED) is 0.741. The van der Waals surface area contributed by atoms with Gasteiger partial charge in [0.2, 0.25) is 0 Å². The Morgan fingerprint density at radius 1 is 1.31 bits per heavy atom. The topological polar surface area (TPSA) is 12.0 Å². The molecule has 0 aliphatic rings. The molecule has 0 aliphatic heterocycles. The SMILES string of the molecule is Cc1ccc(C(C)(C)CCNCC(C)C)s1. The Labute approximate surface area is 104 Å². The predicted molar refractivity (Wildman–Crippen MR) is 74.4 cm³/mol. The summed E-state index contributed by atoms with van der Waals surface area (Å²) in [6, 6.07) is 4.51. The fraction of sp³-hybridized carbons (Fsp3) is 0.714. The van der Waals surface area contributed by atoms with Crippen LogP contribution in [0.4, 0.5) is 0 Å². The highest BCUT2D eigenvalue weighted by atomic mass is 32.1. The van der Waals surface area contributed by atoms with Crippen LogP contribution < -0.4 is 5.32 Å². The van der Waals surface area contributed by atoms with Gasteiger partial charge in [-0.2, -0.15) is 0 Å². The molecule has 0 saturated carbocycles. The largest absolute Gasteiger partial charge is 0.316 e. The molecule has 0 spiro atoms. The Morgan fingerprint density at radius 3 is 2.50 bits per heavy atom. The molecule has 1 heterocycles. The van der Waals surface area contributed by atoms with Gasteiger partial charge in [0.05, 0.1) is 0 Å². The van der Waals surface area contributed by atoms with Crippen LogP contribution in [0.15, 0.2) is 12.1 Å². The van der Waals surface area contributed by atoms with Gasteiger partial charge in [0, 0.05) is 15.2 Å². The summed E-state index contributed by atoms with van der Waals surface area (Å²) in [7, 11) is 0. The zero-order chi connectivity index (χ0) is 12.2. The average molecular weight is 239 g/mol. The van der Waals surface area contributed by atoms with Crippen molar-refractivity contribution in [3.63, 3.8) is 0 Å². The van der Waals surface area contributed by atoms with Gasteiger partial charge in [0.25, 0.3) is 0 Å². The number of nitrogens with one attached hydrogen (secondary N) is 1. The molecule has 1 N–H and O–H groups in total. The first-order chi connectivity index (χ1) is 7.42. The lowest BCUT2D eigenvalue weighted by molar-refractivity contribution is 0.448. The van der Waals surface area contributed by atoms with Gasteiger partial charge in [0.1, 0.15) is 0 Å². The van der Waals surface area contributed by atoms with Crippen LogP contribution in [-0.2, 0) is 5.41 Å². The van der Waals surface area contributed by atoms with Gasteiger partial charge < -0.3 is 5.32 Å². The van der Waals surface area contributed by atoms with Gasteiger partial charge in [-0.25, -0.2) is 0 Å². The lowest BCUT2D eigenvalue weighted by atomic mass is 9.87. The van der Waals surface area contributed by atoms with Crippen molar-refractivity contribution in [3.8, 4) is 0 Å². The first-order valence-electron chi connectivity index (χ1n) is 6.19. The smallest absolute Gasteiger partial charge is 0.0105 e. The van der Waals surface area contributed by atoms with Crippen LogP contribution in [0.2, 0.25) is 0 Å². The number of hydrogen-bond donors (Lipinski definition) is 1. The van der Waals surface area contributed by atoms with Crippen LogP contribution in [0.3, 0.4) is 0 Å². The fourth-order valence-corrected chi connectivity index (χ4v) is 2.71. The molecule has 0 fully saturated rings. The average Bonchev–Trinajstić information content (AvgIpc) is 2.60. The van der Waals surface area contributed by atoms with E-state index >= 15 is 0 Å². The normalized spacial score (nSPS) is 12.4. The summed E-state index contributed by atoms with van der Waals surface area (Å²) in [4.78, 5) is 2.93. The Hall–Kier alpha value is -0.340. The first kappa shape index (κ1) is 13.7. The van der Waals surface area contributed by atoms with Crippen molar-refractivity contribution in [1.82, 2.24) is 5.32 Å². The molecule has 1 rings (SSSR count). The Morgan fingerprint density at radius 2 is 2.00 bits per heavy atom. The second kappa shape index (κ2) is 5.83. The molecule has 2 heteroatoms. The molecule has 1 nitrogen and oxygen atoms in total. The summed E-state index contributed by atoms with van der Waals surface area (Å²) < 4.78 is 0. The summed E-state index contributed by atoms with van der Waals surface area (Å²) in [5.41, 5.74) is 0.308. The summed E-state index contributed by atoms with van der Waals surface area (Å²) in [6.07, 6.45) is 1.21. The molecule has 1 aromatic heterocycles. The van der Waals surface area contributed by atoms with Crippen molar-refractivity contribution in [2.75, 3.05) is 13.1 Å². The minimum Gasteiger partial charge on any atom is -0.316 e. The zero-order valence-electron chi connectivity index (χ0n) is 11.3. The van der Waals surface area contributed by atoms with E-state index in [2.05, 4.69) is 52.1 Å². The van der Waals surface area contributed by atoms with E-state index in [4.69, 9.17) is 0 Å². The molecule has 1 aromatic rings. The van der Waals surface area contributed by atoms with Crippen molar-refractivity contribution in [2.45, 2.75) is 46.5 Å². The van der Waals surface area contributed by atoms with E-state index in [1.54, 1.807) is 0 Å². The van der Waals surface area contributed by atoms with E-state index in [9.17, 15) is 0 Å². The molecule has 0 amide bonds. The maximum absolute atomic E-state index is 3.52. The Balaban J connectivity index is 2.40. The second-order valence-electron chi connectivity index (χ2n) is 5.64. The fourth-order valence-electron chi connectivity index (χ4n) is 1.71. The summed E-state index contributed by atoms with van der Waals surface area (Å²) in [6.45, 7) is 13.6. The van der Waals surface area contributed by atoms with E-state index < -0.39 is 0 Å². The number of hydrogen-bond acceptors (Lipinski definition) is 2. The van der Waals surface area contributed by atoms with Crippen molar-refractivity contribution < 1.29 is 0 Å². The molecular weight excluding hydrogens is 214 g/mol. The minimum absolute atomic E-state index is 0.308. The molecular formula is C14H25NS. The van der Waals surface area contributed by atoms with Crippen LogP contribution in [0.1, 0.15) is 43.9 Å². The van der Waals surface area contributed by atoms with Crippen LogP contribution >= 0.6 is 11.3 Å². The van der Waals surface area contributed by atoms with Crippen LogP contribution in [0.25, 0.3) is 0 Å². The highest BCUT2D eigenvalue weighted by Gasteiger charge is 2.21. The van der Waals surface area contributed by atoms with Crippen molar-refractivity contribution in [3.05, 3.63) is 21.9 Å². The van der Waals surface area contributed by atoms with Crippen molar-refractivity contribution in [2.24, 2.45) is 5.92 Å². The van der Waals surface area contributed by atoms with E-state index in [0.717, 1.165) is 19.0 Å². The number of aryl methyl sites for hydroxylation is 1. The Bertz CT molecular complexity index is 312. The van der Waals surface area contributed by atoms with Gasteiger partial charge in [-0.05, 0) is 44.5 Å². The van der Waals surface area contributed by atoms with E-state index in [1.165, 1.54) is 16.2 Å². The molecule has 0 aliphatic carbocycles. The Kier molecular flexibility index (Phi) is 5.00. The second-order valence-corrected chi connectivity index (χ2v) is 6.93. The van der Waals surface area contributed by atoms with Crippen molar-refractivity contribution in [1.29, 1.82) is 0 Å². The third-order valence-corrected chi connectivity index (χ3v) is 4.25. The maximum Gasteiger partial charge on any atom is 0.0105 e. The van der Waals surface area contributed by atoms with Gasteiger partial charge in [-0.15, -0.1) is 11.3 Å². The van der Waals surface area contributed by atoms with Gasteiger partial charge in [-0.1, -0.05) is 27.7 Å². The third-order valence-electron chi connectivity index (χ3n) is 2.89. The molecule has 0 aromatic carbocycles. The predicted octanol–water partition coefficient (Wildman–Crippen LogP) is 3.97.